The van der Waals surface area contributed by atoms with E-state index in [1.54, 1.807) is 6.07 Å². The molecule has 0 aliphatic heterocycles. The van der Waals surface area contributed by atoms with Crippen molar-refractivity contribution < 1.29 is 9.13 Å². The lowest BCUT2D eigenvalue weighted by atomic mass is 9.64. The minimum Gasteiger partial charge on any atom is -0.488 e. The van der Waals surface area contributed by atoms with Gasteiger partial charge in [-0.1, -0.05) is 28.8 Å². The topological polar surface area (TPSA) is 9.23 Å². The first-order valence-electron chi connectivity index (χ1n) is 6.37. The molecule has 0 amide bonds. The lowest BCUT2D eigenvalue weighted by Crippen LogP contribution is -2.55. The third-order valence-corrected chi connectivity index (χ3v) is 6.32. The molecule has 3 rings (SSSR count). The summed E-state index contributed by atoms with van der Waals surface area (Å²) in [7, 11) is 0. The van der Waals surface area contributed by atoms with Crippen LogP contribution in [0.5, 0.6) is 5.75 Å². The summed E-state index contributed by atoms with van der Waals surface area (Å²) in [5.74, 6) is 0.383. The zero-order valence-electron chi connectivity index (χ0n) is 9.96. The molecule has 18 heavy (non-hydrogen) atoms. The van der Waals surface area contributed by atoms with Crippen molar-refractivity contribution in [2.75, 3.05) is 0 Å². The summed E-state index contributed by atoms with van der Waals surface area (Å²) in [6, 6.07) is 4.61. The van der Waals surface area contributed by atoms with E-state index in [4.69, 9.17) is 4.74 Å². The van der Waals surface area contributed by atoms with Gasteiger partial charge in [-0.05, 0) is 47.3 Å². The summed E-state index contributed by atoms with van der Waals surface area (Å²) in [6.07, 6.45) is 6.25. The monoisotopic (exact) mass is 376 g/mol. The van der Waals surface area contributed by atoms with Gasteiger partial charge in [-0.3, -0.25) is 0 Å². The highest BCUT2D eigenvalue weighted by Gasteiger charge is 2.56. The van der Waals surface area contributed by atoms with E-state index >= 15 is 0 Å². The highest BCUT2D eigenvalue weighted by Crippen LogP contribution is 2.58. The highest BCUT2D eigenvalue weighted by atomic mass is 79.9. The van der Waals surface area contributed by atoms with Crippen LogP contribution in [0, 0.1) is 11.2 Å². The number of ether oxygens (including phenoxy) is 1. The standard InChI is InChI=1S/C14H15Br2FO/c15-10-4-3-9(17)7-11(10)18-13-8-12(16)14(13)5-1-2-6-14/h3-4,7,12-13H,1-2,5-6,8H2. The Morgan fingerprint density at radius 3 is 2.67 bits per heavy atom. The normalized spacial score (nSPS) is 29.3. The molecule has 1 nitrogen and oxygen atoms in total. The van der Waals surface area contributed by atoms with E-state index in [2.05, 4.69) is 31.9 Å². The van der Waals surface area contributed by atoms with E-state index in [0.29, 0.717) is 10.6 Å². The molecule has 98 valence electrons. The van der Waals surface area contributed by atoms with Crippen LogP contribution in [0.3, 0.4) is 0 Å². The maximum absolute atomic E-state index is 13.3. The molecule has 4 heteroatoms. The Balaban J connectivity index is 1.79. The van der Waals surface area contributed by atoms with Gasteiger partial charge >= 0.3 is 0 Å². The third kappa shape index (κ3) is 2.01. The van der Waals surface area contributed by atoms with Crippen molar-refractivity contribution in [2.45, 2.75) is 43.0 Å². The second-order valence-corrected chi connectivity index (χ2v) is 7.28. The molecule has 1 aromatic carbocycles. The van der Waals surface area contributed by atoms with E-state index in [0.717, 1.165) is 10.9 Å². The molecular formula is C14H15Br2FO. The second kappa shape index (κ2) is 4.78. The van der Waals surface area contributed by atoms with Crippen molar-refractivity contribution in [1.82, 2.24) is 0 Å². The average molecular weight is 378 g/mol. The summed E-state index contributed by atoms with van der Waals surface area (Å²) in [5.41, 5.74) is 0.283. The Morgan fingerprint density at radius 2 is 2.00 bits per heavy atom. The predicted molar refractivity (Wildman–Crippen MR) is 76.7 cm³/mol. The zero-order chi connectivity index (χ0) is 12.8. The number of benzene rings is 1. The maximum atomic E-state index is 13.3. The van der Waals surface area contributed by atoms with Crippen LogP contribution >= 0.6 is 31.9 Å². The largest absolute Gasteiger partial charge is 0.488 e. The SMILES string of the molecule is Fc1ccc(Br)c(OC2CC(Br)C23CCCC3)c1. The maximum Gasteiger partial charge on any atom is 0.136 e. The van der Waals surface area contributed by atoms with Crippen LogP contribution in [0.25, 0.3) is 0 Å². The number of hydrogen-bond donors (Lipinski definition) is 0. The molecule has 1 spiro atoms. The Kier molecular flexibility index (Phi) is 3.43. The van der Waals surface area contributed by atoms with Gasteiger partial charge in [0.1, 0.15) is 17.7 Å². The first-order valence-corrected chi connectivity index (χ1v) is 8.08. The van der Waals surface area contributed by atoms with Crippen molar-refractivity contribution in [3.8, 4) is 5.75 Å². The van der Waals surface area contributed by atoms with Gasteiger partial charge < -0.3 is 4.74 Å². The van der Waals surface area contributed by atoms with E-state index in [1.165, 1.54) is 37.8 Å². The molecule has 2 fully saturated rings. The Morgan fingerprint density at radius 1 is 1.28 bits per heavy atom. The molecule has 1 aromatic rings. The smallest absolute Gasteiger partial charge is 0.136 e. The summed E-state index contributed by atoms with van der Waals surface area (Å²) < 4.78 is 20.1. The van der Waals surface area contributed by atoms with Gasteiger partial charge in [0.25, 0.3) is 0 Å². The van der Waals surface area contributed by atoms with Gasteiger partial charge in [-0.15, -0.1) is 0 Å². The van der Waals surface area contributed by atoms with Gasteiger partial charge in [0.2, 0.25) is 0 Å². The first kappa shape index (κ1) is 12.9. The molecule has 2 saturated carbocycles. The second-order valence-electron chi connectivity index (χ2n) is 5.32. The summed E-state index contributed by atoms with van der Waals surface area (Å²) >= 11 is 7.19. The number of rotatable bonds is 2. The molecule has 2 aliphatic rings. The summed E-state index contributed by atoms with van der Waals surface area (Å²) in [5, 5.41) is 0. The predicted octanol–water partition coefficient (Wildman–Crippen LogP) is 5.06. The van der Waals surface area contributed by atoms with Crippen LogP contribution in [0.15, 0.2) is 22.7 Å². The third-order valence-electron chi connectivity index (χ3n) is 4.38. The molecule has 0 heterocycles. The minimum absolute atomic E-state index is 0.225. The molecule has 0 radical (unpaired) electrons. The van der Waals surface area contributed by atoms with E-state index in [9.17, 15) is 4.39 Å². The lowest BCUT2D eigenvalue weighted by molar-refractivity contribution is -0.0309. The highest BCUT2D eigenvalue weighted by molar-refractivity contribution is 9.10. The molecule has 2 aliphatic carbocycles. The fourth-order valence-corrected chi connectivity index (χ4v) is 4.69. The summed E-state index contributed by atoms with van der Waals surface area (Å²) in [4.78, 5) is 0.560. The van der Waals surface area contributed by atoms with Crippen molar-refractivity contribution in [2.24, 2.45) is 5.41 Å². The van der Waals surface area contributed by atoms with Crippen LogP contribution < -0.4 is 4.74 Å². The van der Waals surface area contributed by atoms with Crippen LogP contribution in [0.4, 0.5) is 4.39 Å². The number of alkyl halides is 1. The van der Waals surface area contributed by atoms with E-state index in [-0.39, 0.29) is 17.3 Å². The Bertz CT molecular complexity index is 457. The van der Waals surface area contributed by atoms with Crippen LogP contribution in [0.2, 0.25) is 0 Å². The van der Waals surface area contributed by atoms with E-state index < -0.39 is 0 Å². The fourth-order valence-electron chi connectivity index (χ4n) is 3.25. The van der Waals surface area contributed by atoms with Crippen molar-refractivity contribution in [3.63, 3.8) is 0 Å². The fraction of sp³-hybridized carbons (Fsp3) is 0.571. The molecule has 2 atom stereocenters. The van der Waals surface area contributed by atoms with Crippen molar-refractivity contribution >= 4 is 31.9 Å². The molecule has 0 aromatic heterocycles. The zero-order valence-corrected chi connectivity index (χ0v) is 13.1. The summed E-state index contributed by atoms with van der Waals surface area (Å²) in [6.45, 7) is 0. The molecular weight excluding hydrogens is 363 g/mol. The molecule has 2 unspecified atom stereocenters. The first-order chi connectivity index (χ1) is 8.62. The average Bonchev–Trinajstić information content (AvgIpc) is 2.85. The van der Waals surface area contributed by atoms with Crippen molar-refractivity contribution in [1.29, 1.82) is 0 Å². The van der Waals surface area contributed by atoms with Crippen LogP contribution in [-0.4, -0.2) is 10.9 Å². The van der Waals surface area contributed by atoms with Gasteiger partial charge in [0.05, 0.1) is 4.47 Å². The number of hydrogen-bond acceptors (Lipinski definition) is 1. The number of halogens is 3. The Hall–Kier alpha value is -0.0900. The van der Waals surface area contributed by atoms with E-state index in [1.807, 2.05) is 0 Å². The van der Waals surface area contributed by atoms with Crippen LogP contribution in [0.1, 0.15) is 32.1 Å². The Labute approximate surface area is 123 Å². The van der Waals surface area contributed by atoms with Crippen molar-refractivity contribution in [3.05, 3.63) is 28.5 Å². The lowest BCUT2D eigenvalue weighted by Gasteiger charge is -2.51. The van der Waals surface area contributed by atoms with Gasteiger partial charge in [0.15, 0.2) is 0 Å². The molecule has 0 saturated heterocycles. The van der Waals surface area contributed by atoms with Crippen LogP contribution in [-0.2, 0) is 0 Å². The van der Waals surface area contributed by atoms with Gasteiger partial charge in [0, 0.05) is 16.3 Å². The molecule has 0 bridgehead atoms. The quantitative estimate of drug-likeness (QED) is 0.654. The van der Waals surface area contributed by atoms with Gasteiger partial charge in [-0.25, -0.2) is 4.39 Å². The minimum atomic E-state index is -0.247. The molecule has 0 N–H and O–H groups in total. The van der Waals surface area contributed by atoms with Gasteiger partial charge in [-0.2, -0.15) is 0 Å².